The van der Waals surface area contributed by atoms with E-state index in [0.717, 1.165) is 11.3 Å². The Morgan fingerprint density at radius 1 is 0.714 bits per heavy atom. The van der Waals surface area contributed by atoms with Gasteiger partial charge in [0.15, 0.2) is 5.76 Å². The minimum absolute atomic E-state index is 0.0158. The van der Waals surface area contributed by atoms with Gasteiger partial charge in [-0.15, -0.1) is 0 Å². The second-order valence-electron chi connectivity index (χ2n) is 15.3. The van der Waals surface area contributed by atoms with Crippen LogP contribution in [0.5, 0.6) is 0 Å². The summed E-state index contributed by atoms with van der Waals surface area (Å²) in [6.07, 6.45) is 1.07. The van der Waals surface area contributed by atoms with Crippen molar-refractivity contribution in [2.24, 2.45) is 23.7 Å². The van der Waals surface area contributed by atoms with Crippen molar-refractivity contribution in [2.45, 2.75) is 154 Å². The second-order valence-corrected chi connectivity index (χ2v) is 15.3. The van der Waals surface area contributed by atoms with Crippen LogP contribution in [-0.2, 0) is 38.2 Å². The van der Waals surface area contributed by atoms with Crippen molar-refractivity contribution in [3.8, 4) is 0 Å². The lowest BCUT2D eigenvalue weighted by molar-refractivity contribution is -0.872. The third-order valence-corrected chi connectivity index (χ3v) is 10.1. The Labute approximate surface area is 328 Å². The highest BCUT2D eigenvalue weighted by Crippen LogP contribution is 2.29. The average Bonchev–Trinajstić information content (AvgIpc) is 3.09. The number of nitrogens with one attached hydrogen (secondary N) is 1. The van der Waals surface area contributed by atoms with Crippen LogP contribution in [0.4, 0.5) is 0 Å². The number of ether oxygens (including phenoxy) is 2. The van der Waals surface area contributed by atoms with Gasteiger partial charge < -0.3 is 50.3 Å². The molecule has 0 bridgehead atoms. The summed E-state index contributed by atoms with van der Waals surface area (Å²) in [7, 11) is 0. The Hall–Kier alpha value is -4.06. The highest BCUT2D eigenvalue weighted by atomic mass is 16.6. The van der Waals surface area contributed by atoms with Crippen LogP contribution in [0.15, 0.2) is 24.1 Å². The van der Waals surface area contributed by atoms with Crippen LogP contribution in [0.2, 0.25) is 0 Å². The number of carboxylic acid groups (broad SMARTS) is 4. The van der Waals surface area contributed by atoms with E-state index in [2.05, 4.69) is 0 Å². The van der Waals surface area contributed by atoms with Crippen molar-refractivity contribution in [1.29, 1.82) is 0 Å². The number of allylic oxidation sites excluding steroid dienone is 1. The fourth-order valence-corrected chi connectivity index (χ4v) is 6.85. The zero-order valence-electron chi connectivity index (χ0n) is 33.0. The third kappa shape index (κ3) is 20.2. The summed E-state index contributed by atoms with van der Waals surface area (Å²) in [5, 5.41) is 79.1. The molecule has 1 aliphatic heterocycles. The maximum absolute atomic E-state index is 13.1. The molecule has 0 aliphatic carbocycles. The standard InChI is InChI=1S/C39H63NO16/c1-5-6-10-24(3)37(56-36(50)20-27(39(53)54)18-34(47)48)32(55-35(49)19-26(38(51)52)17-33(45)46)16-23(2)15-28(41)11-7-8-12-29(42)21-31(44)25(4)40-14-9-13-30(43)22-40/h9,13,22-29,31-32,37,41-44H,5-8,10-12,14-21H2,1-4H3,(H,45,46)(H,47,48)(H,51,52)(H,53,54)/p+1/t23-,24+,25+,26+,27-,28+,29-,31-,32+,37-/m0/s1. The lowest BCUT2D eigenvalue weighted by atomic mass is 9.87. The Kier molecular flexibility index (Phi) is 23.2. The van der Waals surface area contributed by atoms with Crippen molar-refractivity contribution < 1.29 is 84.0 Å². The van der Waals surface area contributed by atoms with Gasteiger partial charge in [-0.3, -0.25) is 33.7 Å². The maximum atomic E-state index is 13.1. The molecule has 0 aromatic carbocycles. The molecular weight excluding hydrogens is 738 g/mol. The SMILES string of the molecule is CCCC[C@@H](C)[C@H](OC(=O)C[C@H](CC(=O)O)C(=O)O)[C@@H](C[C@@H](C)C[C@H](O)CCCC[C@H](O)C[C@H](O)[C@@H](C)[NH+]1C=C(O)C=CC1)OC(=O)C[C@@H](CC(=O)O)C(=O)O. The summed E-state index contributed by atoms with van der Waals surface area (Å²) in [5.41, 5.74) is 0. The molecule has 56 heavy (non-hydrogen) atoms. The fourth-order valence-electron chi connectivity index (χ4n) is 6.85. The van der Waals surface area contributed by atoms with E-state index in [4.69, 9.17) is 19.7 Å². The van der Waals surface area contributed by atoms with E-state index < -0.39 is 110 Å². The van der Waals surface area contributed by atoms with Gasteiger partial charge in [0.05, 0.1) is 49.7 Å². The molecule has 1 aliphatic rings. The van der Waals surface area contributed by atoms with E-state index in [-0.39, 0.29) is 37.0 Å². The van der Waals surface area contributed by atoms with Crippen molar-refractivity contribution in [3.63, 3.8) is 0 Å². The molecule has 1 unspecified atom stereocenters. The van der Waals surface area contributed by atoms with Crippen LogP contribution >= 0.6 is 0 Å². The molecule has 320 valence electrons. The zero-order valence-corrected chi connectivity index (χ0v) is 33.0. The molecule has 0 spiro atoms. The van der Waals surface area contributed by atoms with Crippen LogP contribution in [-0.4, -0.2) is 120 Å². The zero-order chi connectivity index (χ0) is 42.5. The van der Waals surface area contributed by atoms with Crippen molar-refractivity contribution in [2.75, 3.05) is 6.54 Å². The lowest BCUT2D eigenvalue weighted by Gasteiger charge is -2.33. The minimum atomic E-state index is -1.60. The molecule has 0 saturated carbocycles. The molecule has 17 nitrogen and oxygen atoms in total. The first-order chi connectivity index (χ1) is 26.2. The van der Waals surface area contributed by atoms with Gasteiger partial charge in [0.1, 0.15) is 37.1 Å². The largest absolute Gasteiger partial charge is 0.503 e. The number of esters is 2. The van der Waals surface area contributed by atoms with Crippen LogP contribution < -0.4 is 4.90 Å². The summed E-state index contributed by atoms with van der Waals surface area (Å²) >= 11 is 0. The molecule has 17 heteroatoms. The number of carbonyl (C=O) groups is 6. The first-order valence-electron chi connectivity index (χ1n) is 19.5. The Bertz CT molecular complexity index is 1330. The van der Waals surface area contributed by atoms with Crippen LogP contribution in [0, 0.1) is 23.7 Å². The van der Waals surface area contributed by atoms with Gasteiger partial charge >= 0.3 is 35.8 Å². The molecule has 1 rings (SSSR count). The highest BCUT2D eigenvalue weighted by molar-refractivity contribution is 5.83. The van der Waals surface area contributed by atoms with E-state index >= 15 is 0 Å². The number of carboxylic acids is 4. The summed E-state index contributed by atoms with van der Waals surface area (Å²) in [6, 6.07) is -0.261. The first-order valence-corrected chi connectivity index (χ1v) is 19.5. The summed E-state index contributed by atoms with van der Waals surface area (Å²) in [4.78, 5) is 72.9. The summed E-state index contributed by atoms with van der Waals surface area (Å²) in [6.45, 7) is 7.85. The maximum Gasteiger partial charge on any atom is 0.307 e. The highest BCUT2D eigenvalue weighted by Gasteiger charge is 2.37. The molecule has 9 N–H and O–H groups in total. The predicted octanol–water partition coefficient (Wildman–Crippen LogP) is 2.46. The van der Waals surface area contributed by atoms with Gasteiger partial charge in [-0.1, -0.05) is 46.5 Å². The van der Waals surface area contributed by atoms with Crippen LogP contribution in [0.25, 0.3) is 0 Å². The molecule has 11 atom stereocenters. The molecule has 0 aromatic heterocycles. The van der Waals surface area contributed by atoms with E-state index in [1.54, 1.807) is 32.2 Å². The number of hydrogen-bond donors (Lipinski definition) is 9. The topological polar surface area (TPSA) is 287 Å². The summed E-state index contributed by atoms with van der Waals surface area (Å²) < 4.78 is 11.5. The van der Waals surface area contributed by atoms with Gasteiger partial charge in [-0.2, -0.15) is 0 Å². The van der Waals surface area contributed by atoms with Gasteiger partial charge in [0.2, 0.25) is 0 Å². The Morgan fingerprint density at radius 2 is 1.23 bits per heavy atom. The van der Waals surface area contributed by atoms with E-state index in [1.807, 2.05) is 13.8 Å². The number of rotatable bonds is 30. The van der Waals surface area contributed by atoms with Gasteiger partial charge in [0, 0.05) is 6.42 Å². The van der Waals surface area contributed by atoms with Crippen molar-refractivity contribution >= 4 is 35.8 Å². The van der Waals surface area contributed by atoms with Gasteiger partial charge in [-0.25, -0.2) is 0 Å². The molecular formula is C39H64NO16+. The number of unbranched alkanes of at least 4 members (excludes halogenated alkanes) is 2. The van der Waals surface area contributed by atoms with Gasteiger partial charge in [-0.05, 0) is 63.0 Å². The predicted molar refractivity (Wildman–Crippen MR) is 199 cm³/mol. The molecule has 0 fully saturated rings. The smallest absolute Gasteiger partial charge is 0.307 e. The molecule has 1 heterocycles. The summed E-state index contributed by atoms with van der Waals surface area (Å²) in [5.74, 6) is -11.9. The molecule has 0 aromatic rings. The monoisotopic (exact) mass is 802 g/mol. The minimum Gasteiger partial charge on any atom is -0.503 e. The van der Waals surface area contributed by atoms with Crippen molar-refractivity contribution in [1.82, 2.24) is 0 Å². The molecule has 0 saturated heterocycles. The molecule has 0 radical (unpaired) electrons. The number of quaternary nitrogens is 1. The number of aliphatic hydroxyl groups is 4. The number of aliphatic hydroxyl groups excluding tert-OH is 4. The first kappa shape index (κ1) is 50.0. The van der Waals surface area contributed by atoms with Crippen molar-refractivity contribution in [3.05, 3.63) is 24.1 Å². The Morgan fingerprint density at radius 3 is 1.71 bits per heavy atom. The second kappa shape index (κ2) is 26.0. The number of aliphatic carboxylic acids is 4. The Balaban J connectivity index is 3.03. The lowest BCUT2D eigenvalue weighted by Crippen LogP contribution is -3.12. The van der Waals surface area contributed by atoms with Crippen LogP contribution in [0.1, 0.15) is 118 Å². The molecule has 0 amide bonds. The van der Waals surface area contributed by atoms with Crippen LogP contribution in [0.3, 0.4) is 0 Å². The fraction of sp³-hybridized carbons (Fsp3) is 0.744. The van der Waals surface area contributed by atoms with E-state index in [9.17, 15) is 59.4 Å². The normalized spacial score (nSPS) is 19.5. The van der Waals surface area contributed by atoms with E-state index in [0.29, 0.717) is 45.1 Å². The number of carbonyl (C=O) groups excluding carboxylic acids is 2. The third-order valence-electron chi connectivity index (χ3n) is 10.1. The number of hydrogen-bond acceptors (Lipinski definition) is 12. The van der Waals surface area contributed by atoms with E-state index in [1.165, 1.54) is 0 Å². The quantitative estimate of drug-likeness (QED) is 0.0372. The average molecular weight is 803 g/mol. The van der Waals surface area contributed by atoms with Gasteiger partial charge in [0.25, 0.3) is 0 Å².